The van der Waals surface area contributed by atoms with Crippen LogP contribution in [0.3, 0.4) is 0 Å². The molecule has 0 aliphatic heterocycles. The molecule has 1 aromatic heterocycles. The van der Waals surface area contributed by atoms with Gasteiger partial charge in [-0.2, -0.15) is 0 Å². The molecule has 0 aliphatic carbocycles. The lowest BCUT2D eigenvalue weighted by Gasteiger charge is -2.10. The summed E-state index contributed by atoms with van der Waals surface area (Å²) in [6, 6.07) is 8.25. The van der Waals surface area contributed by atoms with E-state index in [9.17, 15) is 4.79 Å². The molecule has 1 amide bonds. The molecule has 1 aromatic carbocycles. The summed E-state index contributed by atoms with van der Waals surface area (Å²) in [6.45, 7) is 8.66. The maximum absolute atomic E-state index is 12.1. The predicted molar refractivity (Wildman–Crippen MR) is 91.8 cm³/mol. The highest BCUT2D eigenvalue weighted by Gasteiger charge is 2.11. The Kier molecular flexibility index (Phi) is 5.61. The number of carbonyl (C=O) groups excluding carboxylic acids is 1. The smallest absolute Gasteiger partial charge is 0.261 e. The van der Waals surface area contributed by atoms with E-state index in [-0.39, 0.29) is 11.9 Å². The van der Waals surface area contributed by atoms with E-state index in [1.54, 1.807) is 0 Å². The number of aryl methyl sites for hydroxylation is 2. The maximum Gasteiger partial charge on any atom is 0.261 e. The van der Waals surface area contributed by atoms with E-state index < -0.39 is 0 Å². The van der Waals surface area contributed by atoms with E-state index in [2.05, 4.69) is 25.2 Å². The van der Waals surface area contributed by atoms with Crippen molar-refractivity contribution in [3.63, 3.8) is 0 Å². The van der Waals surface area contributed by atoms with Gasteiger partial charge in [0, 0.05) is 11.6 Å². The third-order valence-corrected chi connectivity index (χ3v) is 4.57. The number of amides is 1. The van der Waals surface area contributed by atoms with Crippen molar-refractivity contribution in [2.75, 3.05) is 0 Å². The number of nitrogens with one attached hydrogen (secondary N) is 1. The van der Waals surface area contributed by atoms with Crippen LogP contribution in [0.5, 0.6) is 5.75 Å². The molecule has 0 fully saturated rings. The van der Waals surface area contributed by atoms with Crippen LogP contribution in [0.25, 0.3) is 0 Å². The van der Waals surface area contributed by atoms with Crippen LogP contribution in [0.2, 0.25) is 0 Å². The largest absolute Gasteiger partial charge is 0.489 e. The van der Waals surface area contributed by atoms with E-state index in [1.807, 2.05) is 37.4 Å². The molecular formula is C18H23NO2S. The van der Waals surface area contributed by atoms with Crippen molar-refractivity contribution in [3.8, 4) is 5.75 Å². The molecule has 1 unspecified atom stereocenters. The Hall–Kier alpha value is -1.81. The minimum atomic E-state index is -0.00267. The molecule has 0 radical (unpaired) electrons. The van der Waals surface area contributed by atoms with Crippen LogP contribution in [0.1, 0.15) is 46.6 Å². The van der Waals surface area contributed by atoms with E-state index >= 15 is 0 Å². The summed E-state index contributed by atoms with van der Waals surface area (Å²) in [5.74, 6) is 0.888. The van der Waals surface area contributed by atoms with Gasteiger partial charge in [0.1, 0.15) is 12.4 Å². The quantitative estimate of drug-likeness (QED) is 0.853. The molecule has 3 nitrogen and oxygen atoms in total. The van der Waals surface area contributed by atoms with E-state index in [4.69, 9.17) is 4.74 Å². The van der Waals surface area contributed by atoms with Gasteiger partial charge >= 0.3 is 0 Å². The summed E-state index contributed by atoms with van der Waals surface area (Å²) in [4.78, 5) is 12.8. The van der Waals surface area contributed by atoms with E-state index in [0.717, 1.165) is 28.2 Å². The second kappa shape index (κ2) is 7.45. The standard InChI is InChI=1S/C18H23NO2S/c1-5-14(4)19-18(20)17-9-15(11-22-17)10-21-16-7-6-12(2)8-13(16)3/h6-9,11,14H,5,10H2,1-4H3,(H,19,20). The van der Waals surface area contributed by atoms with Gasteiger partial charge in [-0.3, -0.25) is 4.79 Å². The molecule has 0 saturated carbocycles. The zero-order chi connectivity index (χ0) is 16.1. The van der Waals surface area contributed by atoms with Crippen LogP contribution >= 0.6 is 11.3 Å². The molecule has 2 rings (SSSR count). The van der Waals surface area contributed by atoms with Gasteiger partial charge < -0.3 is 10.1 Å². The Balaban J connectivity index is 1.96. The number of thiophene rings is 1. The fourth-order valence-corrected chi connectivity index (χ4v) is 2.89. The number of carbonyl (C=O) groups is 1. The molecule has 0 bridgehead atoms. The Morgan fingerprint density at radius 1 is 1.32 bits per heavy atom. The number of benzene rings is 1. The van der Waals surface area contributed by atoms with Gasteiger partial charge in [-0.05, 0) is 50.3 Å². The van der Waals surface area contributed by atoms with Crippen molar-refractivity contribution < 1.29 is 9.53 Å². The first-order valence-electron chi connectivity index (χ1n) is 7.58. The minimum absolute atomic E-state index is 0.00267. The van der Waals surface area contributed by atoms with Gasteiger partial charge in [0.15, 0.2) is 0 Å². The van der Waals surface area contributed by atoms with Crippen molar-refractivity contribution in [2.24, 2.45) is 0 Å². The lowest BCUT2D eigenvalue weighted by atomic mass is 10.1. The van der Waals surface area contributed by atoms with Crippen molar-refractivity contribution >= 4 is 17.2 Å². The Labute approximate surface area is 136 Å². The first-order valence-corrected chi connectivity index (χ1v) is 8.46. The number of hydrogen-bond acceptors (Lipinski definition) is 3. The van der Waals surface area contributed by atoms with Gasteiger partial charge in [0.05, 0.1) is 4.88 Å². The lowest BCUT2D eigenvalue weighted by molar-refractivity contribution is 0.0943. The first-order chi connectivity index (χ1) is 10.5. The second-order valence-electron chi connectivity index (χ2n) is 5.66. The number of ether oxygens (including phenoxy) is 1. The lowest BCUT2D eigenvalue weighted by Crippen LogP contribution is -2.31. The normalized spacial score (nSPS) is 12.0. The monoisotopic (exact) mass is 317 g/mol. The zero-order valence-electron chi connectivity index (χ0n) is 13.6. The van der Waals surface area contributed by atoms with Crippen LogP contribution in [0, 0.1) is 13.8 Å². The van der Waals surface area contributed by atoms with Crippen molar-refractivity contribution in [1.29, 1.82) is 0 Å². The molecule has 118 valence electrons. The average Bonchev–Trinajstić information content (AvgIpc) is 2.95. The van der Waals surface area contributed by atoms with Gasteiger partial charge in [0.25, 0.3) is 5.91 Å². The maximum atomic E-state index is 12.1. The van der Waals surface area contributed by atoms with Crippen molar-refractivity contribution in [2.45, 2.75) is 46.8 Å². The molecular weight excluding hydrogens is 294 g/mol. The molecule has 1 N–H and O–H groups in total. The van der Waals surface area contributed by atoms with Gasteiger partial charge in [-0.15, -0.1) is 11.3 Å². The van der Waals surface area contributed by atoms with E-state index in [1.165, 1.54) is 16.9 Å². The van der Waals surface area contributed by atoms with Crippen LogP contribution < -0.4 is 10.1 Å². The molecule has 2 aromatic rings. The predicted octanol–water partition coefficient (Wildman–Crippen LogP) is 4.47. The van der Waals surface area contributed by atoms with Gasteiger partial charge in [-0.25, -0.2) is 0 Å². The third kappa shape index (κ3) is 4.34. The summed E-state index contributed by atoms with van der Waals surface area (Å²) >= 11 is 1.46. The molecule has 0 aliphatic rings. The van der Waals surface area contributed by atoms with Crippen LogP contribution in [0.15, 0.2) is 29.6 Å². The summed E-state index contributed by atoms with van der Waals surface area (Å²) in [7, 11) is 0. The molecule has 1 atom stereocenters. The van der Waals surface area contributed by atoms with Crippen molar-refractivity contribution in [1.82, 2.24) is 5.32 Å². The number of rotatable bonds is 6. The van der Waals surface area contributed by atoms with Crippen LogP contribution in [-0.2, 0) is 6.61 Å². The number of hydrogen-bond donors (Lipinski definition) is 1. The topological polar surface area (TPSA) is 38.3 Å². The third-order valence-electron chi connectivity index (χ3n) is 3.59. The molecule has 0 saturated heterocycles. The van der Waals surface area contributed by atoms with Crippen molar-refractivity contribution in [3.05, 3.63) is 51.2 Å². The second-order valence-corrected chi connectivity index (χ2v) is 6.57. The molecule has 1 heterocycles. The molecule has 22 heavy (non-hydrogen) atoms. The first kappa shape index (κ1) is 16.6. The molecule has 4 heteroatoms. The highest BCUT2D eigenvalue weighted by atomic mass is 32.1. The fourth-order valence-electron chi connectivity index (χ4n) is 2.09. The van der Waals surface area contributed by atoms with Gasteiger partial charge in [0.2, 0.25) is 0 Å². The highest BCUT2D eigenvalue weighted by molar-refractivity contribution is 7.12. The Morgan fingerprint density at radius 3 is 2.77 bits per heavy atom. The SMILES string of the molecule is CCC(C)NC(=O)c1cc(COc2ccc(C)cc2C)cs1. The zero-order valence-corrected chi connectivity index (χ0v) is 14.4. The average molecular weight is 317 g/mol. The van der Waals surface area contributed by atoms with Gasteiger partial charge in [-0.1, -0.05) is 24.6 Å². The van der Waals surface area contributed by atoms with Crippen LogP contribution in [-0.4, -0.2) is 11.9 Å². The highest BCUT2D eigenvalue weighted by Crippen LogP contribution is 2.22. The summed E-state index contributed by atoms with van der Waals surface area (Å²) in [5.41, 5.74) is 3.38. The Bertz CT molecular complexity index is 648. The van der Waals surface area contributed by atoms with E-state index in [0.29, 0.717) is 6.61 Å². The summed E-state index contributed by atoms with van der Waals surface area (Å²) in [6.07, 6.45) is 0.930. The molecule has 0 spiro atoms. The Morgan fingerprint density at radius 2 is 2.09 bits per heavy atom. The summed E-state index contributed by atoms with van der Waals surface area (Å²) < 4.78 is 5.85. The van der Waals surface area contributed by atoms with Crippen LogP contribution in [0.4, 0.5) is 0 Å². The summed E-state index contributed by atoms with van der Waals surface area (Å²) in [5, 5.41) is 4.96. The fraction of sp³-hybridized carbons (Fsp3) is 0.389. The minimum Gasteiger partial charge on any atom is -0.489 e.